The molecule has 5 nitrogen and oxygen atoms in total. The molecule has 1 N–H and O–H groups in total. The zero-order valence-corrected chi connectivity index (χ0v) is 17.1. The van der Waals surface area contributed by atoms with Crippen molar-refractivity contribution in [3.63, 3.8) is 0 Å². The lowest BCUT2D eigenvalue weighted by atomic mass is 10.1. The highest BCUT2D eigenvalue weighted by Gasteiger charge is 2.14. The second kappa shape index (κ2) is 8.91. The molecule has 1 saturated heterocycles. The molecule has 144 valence electrons. The summed E-state index contributed by atoms with van der Waals surface area (Å²) in [6, 6.07) is 5.46. The highest BCUT2D eigenvalue weighted by molar-refractivity contribution is 6.35. The number of carbonyl (C=O) groups excluding carboxylic acids is 1. The second-order valence-corrected chi connectivity index (χ2v) is 7.61. The number of carbonyl (C=O) groups is 1. The molecule has 27 heavy (non-hydrogen) atoms. The van der Waals surface area contributed by atoms with E-state index in [0.717, 1.165) is 48.4 Å². The van der Waals surface area contributed by atoms with E-state index in [1.165, 1.54) is 6.42 Å². The van der Waals surface area contributed by atoms with Gasteiger partial charge in [0.1, 0.15) is 0 Å². The van der Waals surface area contributed by atoms with E-state index in [2.05, 4.69) is 10.5 Å². The van der Waals surface area contributed by atoms with Crippen LogP contribution in [0, 0.1) is 13.8 Å². The average Bonchev–Trinajstić information content (AvgIpc) is 2.90. The summed E-state index contributed by atoms with van der Waals surface area (Å²) in [5, 5.41) is 7.81. The summed E-state index contributed by atoms with van der Waals surface area (Å²) in [5.41, 5.74) is 6.53. The van der Waals surface area contributed by atoms with Crippen LogP contribution in [0.15, 0.2) is 24.3 Å². The Bertz CT molecular complexity index is 834. The summed E-state index contributed by atoms with van der Waals surface area (Å²) < 4.78 is 1.87. The van der Waals surface area contributed by atoms with E-state index >= 15 is 0 Å². The molecule has 1 aromatic carbocycles. The van der Waals surface area contributed by atoms with Gasteiger partial charge in [-0.1, -0.05) is 35.7 Å². The zero-order chi connectivity index (χ0) is 19.4. The van der Waals surface area contributed by atoms with Crippen LogP contribution in [-0.2, 0) is 11.3 Å². The molecule has 3 rings (SSSR count). The fraction of sp³-hybridized carbons (Fsp3) is 0.400. The first kappa shape index (κ1) is 19.9. The monoisotopic (exact) mass is 406 g/mol. The lowest BCUT2D eigenvalue weighted by molar-refractivity contribution is -0.121. The Morgan fingerprint density at radius 3 is 2.52 bits per heavy atom. The summed E-state index contributed by atoms with van der Waals surface area (Å²) in [4.78, 5) is 12.2. The number of amides is 1. The van der Waals surface area contributed by atoms with Gasteiger partial charge in [0.2, 0.25) is 0 Å². The van der Waals surface area contributed by atoms with Crippen LogP contribution in [0.5, 0.6) is 0 Å². The van der Waals surface area contributed by atoms with E-state index in [1.807, 2.05) is 47.8 Å². The number of aromatic nitrogens is 2. The maximum Gasteiger partial charge on any atom is 0.258 e. The minimum atomic E-state index is -0.113. The number of benzene rings is 1. The number of halogens is 2. The Hall–Kier alpha value is -1.82. The Labute approximate surface area is 169 Å². The fourth-order valence-electron chi connectivity index (χ4n) is 3.30. The molecule has 1 aliphatic rings. The van der Waals surface area contributed by atoms with Gasteiger partial charge in [-0.2, -0.15) is 5.10 Å². The number of hydrazine groups is 1. The third kappa shape index (κ3) is 4.92. The molecule has 2 aromatic rings. The Morgan fingerprint density at radius 2 is 1.85 bits per heavy atom. The van der Waals surface area contributed by atoms with E-state index < -0.39 is 0 Å². The zero-order valence-electron chi connectivity index (χ0n) is 15.6. The van der Waals surface area contributed by atoms with Crippen LogP contribution in [0.4, 0.5) is 0 Å². The Kier molecular flexibility index (Phi) is 6.58. The molecule has 1 fully saturated rings. The van der Waals surface area contributed by atoms with Crippen LogP contribution in [0.3, 0.4) is 0 Å². The lowest BCUT2D eigenvalue weighted by Crippen LogP contribution is -2.44. The standard InChI is InChI=1S/C20H24Cl2N4O/c1-14-16(9-10-20(27)24-25-11-4-3-5-12-25)15(2)26(23-14)13-17-18(21)7-6-8-19(17)22/h6-10H,3-5,11-13H2,1-2H3,(H,24,27)/b10-9+. The van der Waals surface area contributed by atoms with Gasteiger partial charge in [-0.15, -0.1) is 0 Å². The summed E-state index contributed by atoms with van der Waals surface area (Å²) in [5.74, 6) is -0.113. The summed E-state index contributed by atoms with van der Waals surface area (Å²) in [7, 11) is 0. The smallest absolute Gasteiger partial charge is 0.258 e. The summed E-state index contributed by atoms with van der Waals surface area (Å²) in [6.45, 7) is 6.22. The molecule has 0 atom stereocenters. The summed E-state index contributed by atoms with van der Waals surface area (Å²) >= 11 is 12.6. The number of hydrogen-bond donors (Lipinski definition) is 1. The molecule has 0 radical (unpaired) electrons. The van der Waals surface area contributed by atoms with Crippen LogP contribution >= 0.6 is 23.2 Å². The molecule has 0 bridgehead atoms. The molecule has 2 heterocycles. The third-order valence-electron chi connectivity index (χ3n) is 4.83. The van der Waals surface area contributed by atoms with E-state index in [1.54, 1.807) is 6.08 Å². The fourth-order valence-corrected chi connectivity index (χ4v) is 3.81. The Morgan fingerprint density at radius 1 is 1.19 bits per heavy atom. The van der Waals surface area contributed by atoms with Crippen molar-refractivity contribution in [1.82, 2.24) is 20.2 Å². The van der Waals surface area contributed by atoms with Gasteiger partial charge in [0.15, 0.2) is 0 Å². The minimum absolute atomic E-state index is 0.113. The van der Waals surface area contributed by atoms with Crippen molar-refractivity contribution in [2.24, 2.45) is 0 Å². The molecule has 0 unspecified atom stereocenters. The number of nitrogens with zero attached hydrogens (tertiary/aromatic N) is 3. The van der Waals surface area contributed by atoms with E-state index in [9.17, 15) is 4.79 Å². The minimum Gasteiger partial charge on any atom is -0.285 e. The van der Waals surface area contributed by atoms with Gasteiger partial charge in [0.05, 0.1) is 12.2 Å². The number of hydrogen-bond acceptors (Lipinski definition) is 3. The first-order chi connectivity index (χ1) is 13.0. The Balaban J connectivity index is 1.72. The number of aryl methyl sites for hydroxylation is 1. The van der Waals surface area contributed by atoms with Crippen LogP contribution in [0.1, 0.15) is 41.8 Å². The van der Waals surface area contributed by atoms with Gasteiger partial charge in [-0.05, 0) is 44.9 Å². The van der Waals surface area contributed by atoms with Gasteiger partial charge < -0.3 is 0 Å². The van der Waals surface area contributed by atoms with Crippen molar-refractivity contribution < 1.29 is 4.79 Å². The first-order valence-electron chi connectivity index (χ1n) is 9.16. The first-order valence-corrected chi connectivity index (χ1v) is 9.92. The molecule has 0 saturated carbocycles. The predicted molar refractivity (Wildman–Crippen MR) is 110 cm³/mol. The van der Waals surface area contributed by atoms with E-state index in [4.69, 9.17) is 23.2 Å². The van der Waals surface area contributed by atoms with Crippen molar-refractivity contribution in [3.05, 3.63) is 56.8 Å². The van der Waals surface area contributed by atoms with Crippen molar-refractivity contribution >= 4 is 35.2 Å². The van der Waals surface area contributed by atoms with E-state index in [-0.39, 0.29) is 5.91 Å². The van der Waals surface area contributed by atoms with Gasteiger partial charge in [-0.25, -0.2) is 5.01 Å². The van der Waals surface area contributed by atoms with Gasteiger partial charge >= 0.3 is 0 Å². The maximum absolute atomic E-state index is 12.2. The molecular formula is C20H24Cl2N4O. The molecule has 7 heteroatoms. The SMILES string of the molecule is Cc1nn(Cc2c(Cl)cccc2Cl)c(C)c1/C=C/C(=O)NN1CCCCC1. The number of piperidine rings is 1. The molecular weight excluding hydrogens is 383 g/mol. The highest BCUT2D eigenvalue weighted by Crippen LogP contribution is 2.26. The van der Waals surface area contributed by atoms with Gasteiger partial charge in [0, 0.05) is 46.0 Å². The van der Waals surface area contributed by atoms with Crippen molar-refractivity contribution in [3.8, 4) is 0 Å². The summed E-state index contributed by atoms with van der Waals surface area (Å²) in [6.07, 6.45) is 6.87. The molecule has 1 aliphatic heterocycles. The quantitative estimate of drug-likeness (QED) is 0.749. The number of rotatable bonds is 5. The molecule has 1 aromatic heterocycles. The van der Waals surface area contributed by atoms with Gasteiger partial charge in [-0.3, -0.25) is 14.9 Å². The van der Waals surface area contributed by atoms with Crippen LogP contribution in [-0.4, -0.2) is 33.8 Å². The maximum atomic E-state index is 12.2. The normalized spacial score (nSPS) is 15.4. The van der Waals surface area contributed by atoms with Crippen molar-refractivity contribution in [1.29, 1.82) is 0 Å². The topological polar surface area (TPSA) is 50.2 Å². The molecule has 0 spiro atoms. The highest BCUT2D eigenvalue weighted by atomic mass is 35.5. The molecule has 1 amide bonds. The largest absolute Gasteiger partial charge is 0.285 e. The lowest BCUT2D eigenvalue weighted by Gasteiger charge is -2.26. The van der Waals surface area contributed by atoms with Crippen molar-refractivity contribution in [2.75, 3.05) is 13.1 Å². The van der Waals surface area contributed by atoms with Crippen LogP contribution < -0.4 is 5.43 Å². The predicted octanol–water partition coefficient (Wildman–Crippen LogP) is 4.39. The number of nitrogens with one attached hydrogen (secondary N) is 1. The van der Waals surface area contributed by atoms with Crippen LogP contribution in [0.25, 0.3) is 6.08 Å². The molecule has 0 aliphatic carbocycles. The second-order valence-electron chi connectivity index (χ2n) is 6.80. The van der Waals surface area contributed by atoms with Crippen molar-refractivity contribution in [2.45, 2.75) is 39.7 Å². The van der Waals surface area contributed by atoms with Crippen LogP contribution in [0.2, 0.25) is 10.0 Å². The van der Waals surface area contributed by atoms with E-state index in [0.29, 0.717) is 16.6 Å². The van der Waals surface area contributed by atoms with Gasteiger partial charge in [0.25, 0.3) is 5.91 Å². The average molecular weight is 407 g/mol. The third-order valence-corrected chi connectivity index (χ3v) is 5.54.